The van der Waals surface area contributed by atoms with Gasteiger partial charge < -0.3 is 0 Å². The van der Waals surface area contributed by atoms with Gasteiger partial charge in [-0.2, -0.15) is 0 Å². The highest BCUT2D eigenvalue weighted by molar-refractivity contribution is 14.2. The molecular weight excluding hydrogens is 345 g/mol. The molecule has 0 aromatic heterocycles. The van der Waals surface area contributed by atoms with Crippen molar-refractivity contribution in [1.29, 1.82) is 0 Å². The van der Waals surface area contributed by atoms with E-state index in [-0.39, 0.29) is 6.04 Å². The fraction of sp³-hybridized carbons (Fsp3) is 0.538. The second kappa shape index (κ2) is 10.0. The van der Waals surface area contributed by atoms with Crippen molar-refractivity contribution >= 4 is 28.5 Å². The molecule has 0 saturated heterocycles. The van der Waals surface area contributed by atoms with Crippen molar-refractivity contribution in [3.63, 3.8) is 0 Å². The van der Waals surface area contributed by atoms with Crippen molar-refractivity contribution in [2.45, 2.75) is 39.2 Å². The largest absolute Gasteiger partial charge is 0.262 e. The van der Waals surface area contributed by atoms with E-state index in [1.165, 1.54) is 0 Å². The Labute approximate surface area is 119 Å². The van der Waals surface area contributed by atoms with Gasteiger partial charge in [-0.25, -0.2) is 4.72 Å². The molecule has 0 saturated carbocycles. The molecular formula is C13H24INOS. The zero-order valence-electron chi connectivity index (χ0n) is 10.7. The van der Waals surface area contributed by atoms with Crippen LogP contribution in [0.15, 0.2) is 37.0 Å². The lowest BCUT2D eigenvalue weighted by molar-refractivity contribution is 0.661. The van der Waals surface area contributed by atoms with E-state index in [0.717, 1.165) is 25.0 Å². The SMILES string of the molecule is C=C/C=C\C(C)N[SH](=O)(I)CCC/C=C\CC. The fourth-order valence-corrected chi connectivity index (χ4v) is 5.11. The summed E-state index contributed by atoms with van der Waals surface area (Å²) in [5.41, 5.74) is 0. The van der Waals surface area contributed by atoms with Gasteiger partial charge in [0.2, 0.25) is 0 Å². The molecule has 0 heterocycles. The van der Waals surface area contributed by atoms with Crippen LogP contribution in [0.4, 0.5) is 0 Å². The molecule has 0 amide bonds. The lowest BCUT2D eigenvalue weighted by Crippen LogP contribution is -2.34. The van der Waals surface area contributed by atoms with E-state index in [1.54, 1.807) is 6.08 Å². The second-order valence-electron chi connectivity index (χ2n) is 3.94. The predicted octanol–water partition coefficient (Wildman–Crippen LogP) is 3.73. The van der Waals surface area contributed by atoms with Crippen LogP contribution < -0.4 is 4.72 Å². The molecule has 1 atom stereocenters. The summed E-state index contributed by atoms with van der Waals surface area (Å²) >= 11 is 2.06. The third kappa shape index (κ3) is 10.9. The predicted molar refractivity (Wildman–Crippen MR) is 89.0 cm³/mol. The molecule has 0 bridgehead atoms. The summed E-state index contributed by atoms with van der Waals surface area (Å²) in [5.74, 6) is 0.744. The van der Waals surface area contributed by atoms with Crippen molar-refractivity contribution in [1.82, 2.24) is 4.72 Å². The van der Waals surface area contributed by atoms with Crippen molar-refractivity contribution in [2.24, 2.45) is 0 Å². The molecule has 0 aliphatic heterocycles. The van der Waals surface area contributed by atoms with Crippen LogP contribution in [0.5, 0.6) is 0 Å². The molecule has 1 unspecified atom stereocenters. The highest BCUT2D eigenvalue weighted by atomic mass is 127. The van der Waals surface area contributed by atoms with E-state index < -0.39 is 7.29 Å². The number of hydrogen-bond acceptors (Lipinski definition) is 1. The van der Waals surface area contributed by atoms with Crippen LogP contribution in [-0.2, 0) is 7.29 Å². The molecule has 4 heteroatoms. The Morgan fingerprint density at radius 2 is 2.18 bits per heavy atom. The maximum Gasteiger partial charge on any atom is 0.0337 e. The topological polar surface area (TPSA) is 29.1 Å². The van der Waals surface area contributed by atoms with Crippen molar-refractivity contribution < 1.29 is 4.21 Å². The molecule has 1 N–H and O–H groups in total. The molecule has 0 radical (unpaired) electrons. The molecule has 0 fully saturated rings. The van der Waals surface area contributed by atoms with Gasteiger partial charge in [0.25, 0.3) is 0 Å². The van der Waals surface area contributed by atoms with Gasteiger partial charge in [0.15, 0.2) is 0 Å². The molecule has 0 aliphatic rings. The zero-order valence-corrected chi connectivity index (χ0v) is 13.8. The van der Waals surface area contributed by atoms with Crippen LogP contribution in [0.1, 0.15) is 33.1 Å². The van der Waals surface area contributed by atoms with Gasteiger partial charge in [0.05, 0.1) is 0 Å². The molecule has 0 aliphatic carbocycles. The first kappa shape index (κ1) is 17.1. The van der Waals surface area contributed by atoms with E-state index in [0.29, 0.717) is 0 Å². The number of hydrogen-bond donors (Lipinski definition) is 2. The summed E-state index contributed by atoms with van der Waals surface area (Å²) < 4.78 is 15.4. The molecule has 0 aromatic carbocycles. The fourth-order valence-electron chi connectivity index (χ4n) is 1.35. The van der Waals surface area contributed by atoms with E-state index >= 15 is 0 Å². The van der Waals surface area contributed by atoms with Crippen LogP contribution in [0.3, 0.4) is 0 Å². The highest BCUT2D eigenvalue weighted by Crippen LogP contribution is 2.14. The van der Waals surface area contributed by atoms with Gasteiger partial charge in [0.1, 0.15) is 0 Å². The number of nitrogens with one attached hydrogen (secondary N) is 1. The van der Waals surface area contributed by atoms with Gasteiger partial charge in [-0.3, -0.25) is 4.21 Å². The summed E-state index contributed by atoms with van der Waals surface area (Å²) in [6.07, 6.45) is 12.9. The molecule has 100 valence electrons. The summed E-state index contributed by atoms with van der Waals surface area (Å²) in [5, 5.41) is 0. The van der Waals surface area contributed by atoms with E-state index in [1.807, 2.05) is 19.1 Å². The minimum absolute atomic E-state index is 0.127. The summed E-state index contributed by atoms with van der Waals surface area (Å²) in [6.45, 7) is 7.74. The Morgan fingerprint density at radius 1 is 1.47 bits per heavy atom. The van der Waals surface area contributed by atoms with Gasteiger partial charge in [-0.15, -0.1) is 0 Å². The minimum Gasteiger partial charge on any atom is -0.262 e. The lowest BCUT2D eigenvalue weighted by Gasteiger charge is -2.21. The normalized spacial score (nSPS) is 15.5. The first-order valence-corrected chi connectivity index (χ1v) is 10.7. The molecule has 2 nitrogen and oxygen atoms in total. The first-order chi connectivity index (χ1) is 8.02. The van der Waals surface area contributed by atoms with Crippen LogP contribution in [-0.4, -0.2) is 16.0 Å². The van der Waals surface area contributed by atoms with Crippen molar-refractivity contribution in [3.8, 4) is 0 Å². The monoisotopic (exact) mass is 369 g/mol. The average molecular weight is 369 g/mol. The number of thiol groups is 1. The maximum absolute atomic E-state index is 12.2. The van der Waals surface area contributed by atoms with E-state index in [9.17, 15) is 4.21 Å². The Hall–Kier alpha value is 0.0600. The van der Waals surface area contributed by atoms with Crippen LogP contribution in [0.25, 0.3) is 0 Å². The van der Waals surface area contributed by atoms with Gasteiger partial charge >= 0.3 is 0 Å². The Kier molecular flexibility index (Phi) is 10.1. The van der Waals surface area contributed by atoms with Gasteiger partial charge in [-0.05, 0) is 33.5 Å². The number of unbranched alkanes of at least 4 members (excludes halogenated alkanes) is 1. The number of halogens is 1. The third-order valence-corrected chi connectivity index (χ3v) is 6.12. The van der Waals surface area contributed by atoms with Crippen LogP contribution in [0, 0.1) is 0 Å². The first-order valence-electron chi connectivity index (χ1n) is 6.02. The van der Waals surface area contributed by atoms with Crippen LogP contribution in [0.2, 0.25) is 0 Å². The summed E-state index contributed by atoms with van der Waals surface area (Å²) in [7, 11) is -2.24. The van der Waals surface area contributed by atoms with Crippen molar-refractivity contribution in [2.75, 3.05) is 5.75 Å². The Morgan fingerprint density at radius 3 is 2.76 bits per heavy atom. The van der Waals surface area contributed by atoms with E-state index in [4.69, 9.17) is 0 Å². The second-order valence-corrected chi connectivity index (χ2v) is 10.6. The zero-order chi connectivity index (χ0) is 13.1. The summed E-state index contributed by atoms with van der Waals surface area (Å²) in [6, 6.07) is 0.127. The van der Waals surface area contributed by atoms with Crippen LogP contribution >= 0.6 is 21.2 Å². The molecule has 17 heavy (non-hydrogen) atoms. The maximum atomic E-state index is 12.2. The molecule has 0 aromatic rings. The van der Waals surface area contributed by atoms with Crippen molar-refractivity contribution in [3.05, 3.63) is 37.0 Å². The van der Waals surface area contributed by atoms with Gasteiger partial charge in [0, 0.05) is 33.0 Å². The standard InChI is InChI=1S/C13H24INOS/c1-4-6-8-9-10-12-17(14,16)15-13(3)11-7-5-2/h5-8,11,13,17H,2,4,9-10,12H2,1,3H3,(H,15,16)/b8-6-,11-7-. The molecule has 0 rings (SSSR count). The number of rotatable bonds is 9. The Bertz CT molecular complexity index is 313. The highest BCUT2D eigenvalue weighted by Gasteiger charge is 2.11. The average Bonchev–Trinajstić information content (AvgIpc) is 2.25. The van der Waals surface area contributed by atoms with Gasteiger partial charge in [-0.1, -0.05) is 43.9 Å². The summed E-state index contributed by atoms with van der Waals surface area (Å²) in [4.78, 5) is 0. The number of allylic oxidation sites excluding steroid dienone is 4. The lowest BCUT2D eigenvalue weighted by atomic mass is 10.3. The quantitative estimate of drug-likeness (QED) is 0.159. The molecule has 0 spiro atoms. The smallest absolute Gasteiger partial charge is 0.0337 e. The Balaban J connectivity index is 3.94. The van der Waals surface area contributed by atoms with E-state index in [2.05, 4.69) is 51.6 Å². The minimum atomic E-state index is -2.24. The third-order valence-electron chi connectivity index (χ3n) is 2.15.